The number of rotatable bonds is 8. The summed E-state index contributed by atoms with van der Waals surface area (Å²) in [5, 5.41) is 0.783. The van der Waals surface area contributed by atoms with E-state index in [9.17, 15) is 14.4 Å². The number of ether oxygens (including phenoxy) is 3. The number of aromatic nitrogens is 1. The number of fused-ring (bicyclic) bond motifs is 1. The molecule has 7 nitrogen and oxygen atoms in total. The molecule has 1 heterocycles. The topological polar surface area (TPSA) is 83.8 Å². The van der Waals surface area contributed by atoms with Crippen molar-refractivity contribution in [3.63, 3.8) is 0 Å². The van der Waals surface area contributed by atoms with E-state index in [1.165, 1.54) is 21.1 Å². The molecule has 0 aliphatic carbocycles. The van der Waals surface area contributed by atoms with Crippen molar-refractivity contribution in [1.29, 1.82) is 0 Å². The smallest absolute Gasteiger partial charge is 0.340 e. The van der Waals surface area contributed by atoms with Crippen molar-refractivity contribution in [3.05, 3.63) is 65.4 Å². The summed E-state index contributed by atoms with van der Waals surface area (Å²) in [4.78, 5) is 34.9. The van der Waals surface area contributed by atoms with Gasteiger partial charge in [-0.1, -0.05) is 36.4 Å². The maximum absolute atomic E-state index is 12.4. The molecule has 0 N–H and O–H groups in total. The Balaban J connectivity index is 1.92. The Bertz CT molecular complexity index is 1160. The van der Waals surface area contributed by atoms with Gasteiger partial charge in [0.1, 0.15) is 5.75 Å². The first-order valence-electron chi connectivity index (χ1n) is 10.2. The maximum atomic E-state index is 12.4. The monoisotopic (exact) mass is 435 g/mol. The molecule has 0 radical (unpaired) electrons. The van der Waals surface area contributed by atoms with Gasteiger partial charge >= 0.3 is 17.9 Å². The number of carbonyl (C=O) groups is 3. The molecule has 32 heavy (non-hydrogen) atoms. The third kappa shape index (κ3) is 5.43. The summed E-state index contributed by atoms with van der Waals surface area (Å²) in [6, 6.07) is 12.9. The predicted octanol–water partition coefficient (Wildman–Crippen LogP) is 4.48. The highest BCUT2D eigenvalue weighted by atomic mass is 16.5. The van der Waals surface area contributed by atoms with Gasteiger partial charge in [0.25, 0.3) is 0 Å². The first-order valence-corrected chi connectivity index (χ1v) is 10.2. The van der Waals surface area contributed by atoms with Gasteiger partial charge in [0.15, 0.2) is 0 Å². The fourth-order valence-electron chi connectivity index (χ4n) is 3.46. The van der Waals surface area contributed by atoms with Gasteiger partial charge in [-0.3, -0.25) is 9.59 Å². The van der Waals surface area contributed by atoms with Gasteiger partial charge in [-0.2, -0.15) is 0 Å². The molecule has 0 bridgehead atoms. The Kier molecular flexibility index (Phi) is 7.44. The van der Waals surface area contributed by atoms with Crippen molar-refractivity contribution in [1.82, 2.24) is 4.57 Å². The van der Waals surface area contributed by atoms with Crippen molar-refractivity contribution in [3.8, 4) is 5.75 Å². The minimum absolute atomic E-state index is 0.266. The van der Waals surface area contributed by atoms with Crippen molar-refractivity contribution in [2.75, 3.05) is 14.2 Å². The lowest BCUT2D eigenvalue weighted by Crippen LogP contribution is -2.04. The molecule has 2 aromatic carbocycles. The first-order chi connectivity index (χ1) is 15.4. The van der Waals surface area contributed by atoms with Crippen LogP contribution in [0.5, 0.6) is 5.75 Å². The second-order valence-corrected chi connectivity index (χ2v) is 7.14. The molecular formula is C25H25NO6. The lowest BCUT2D eigenvalue weighted by atomic mass is 10.0. The lowest BCUT2D eigenvalue weighted by molar-refractivity contribution is -0.140. The highest BCUT2D eigenvalue weighted by molar-refractivity contribution is 6.08. The molecule has 3 rings (SSSR count). The van der Waals surface area contributed by atoms with Crippen LogP contribution in [0.15, 0.2) is 48.7 Å². The van der Waals surface area contributed by atoms with Gasteiger partial charge in [0.05, 0.1) is 19.8 Å². The van der Waals surface area contributed by atoms with Crippen LogP contribution in [-0.4, -0.2) is 36.7 Å². The fraction of sp³-hybridized carbons (Fsp3) is 0.240. The Morgan fingerprint density at radius 1 is 0.969 bits per heavy atom. The molecule has 166 valence electrons. The maximum Gasteiger partial charge on any atom is 0.340 e. The van der Waals surface area contributed by atoms with Gasteiger partial charge in [0.2, 0.25) is 0 Å². The summed E-state index contributed by atoms with van der Waals surface area (Å²) >= 11 is 0. The Hall–Kier alpha value is -3.87. The van der Waals surface area contributed by atoms with E-state index in [0.717, 1.165) is 22.0 Å². The number of nitrogens with zero attached hydrogens (tertiary/aromatic N) is 1. The molecular weight excluding hydrogens is 410 g/mol. The largest absolute Gasteiger partial charge is 0.469 e. The van der Waals surface area contributed by atoms with E-state index >= 15 is 0 Å². The van der Waals surface area contributed by atoms with Gasteiger partial charge in [0, 0.05) is 37.0 Å². The molecule has 0 saturated heterocycles. The quantitative estimate of drug-likeness (QED) is 0.295. The Labute approximate surface area is 186 Å². The summed E-state index contributed by atoms with van der Waals surface area (Å²) < 4.78 is 16.7. The van der Waals surface area contributed by atoms with Gasteiger partial charge in [-0.15, -0.1) is 0 Å². The zero-order chi connectivity index (χ0) is 23.1. The van der Waals surface area contributed by atoms with Crippen LogP contribution in [0.4, 0.5) is 0 Å². The summed E-state index contributed by atoms with van der Waals surface area (Å²) in [6.07, 6.45) is 6.49. The van der Waals surface area contributed by atoms with E-state index < -0.39 is 5.97 Å². The Morgan fingerprint density at radius 3 is 2.38 bits per heavy atom. The number of hydrogen-bond donors (Lipinski definition) is 0. The van der Waals surface area contributed by atoms with E-state index in [4.69, 9.17) is 14.2 Å². The third-order valence-electron chi connectivity index (χ3n) is 4.95. The normalized spacial score (nSPS) is 11.0. The SMILES string of the molecule is COC(=O)CCCn1cc(C(=O)OC)c2c(C=Cc3ccc(OC(C)=O)cc3)cccc21. The van der Waals surface area contributed by atoms with E-state index in [1.807, 2.05) is 47.1 Å². The molecule has 0 unspecified atom stereocenters. The number of methoxy groups -OCH3 is 2. The first kappa shape index (κ1) is 22.8. The van der Waals surface area contributed by atoms with E-state index in [0.29, 0.717) is 30.7 Å². The van der Waals surface area contributed by atoms with Gasteiger partial charge in [-0.25, -0.2) is 4.79 Å². The molecule has 7 heteroatoms. The molecule has 0 amide bonds. The molecule has 0 atom stereocenters. The number of esters is 3. The number of carbonyl (C=O) groups excluding carboxylic acids is 3. The van der Waals surface area contributed by atoms with Crippen molar-refractivity contribution in [2.45, 2.75) is 26.3 Å². The molecule has 0 aliphatic heterocycles. The summed E-state index contributed by atoms with van der Waals surface area (Å²) in [7, 11) is 2.72. The molecule has 0 aliphatic rings. The van der Waals surface area contributed by atoms with Crippen LogP contribution in [0.1, 0.15) is 41.3 Å². The highest BCUT2D eigenvalue weighted by Crippen LogP contribution is 2.28. The average molecular weight is 435 g/mol. The molecule has 0 fully saturated rings. The van der Waals surface area contributed by atoms with Crippen LogP contribution in [-0.2, 0) is 25.6 Å². The number of hydrogen-bond acceptors (Lipinski definition) is 6. The van der Waals surface area contributed by atoms with Gasteiger partial charge in [-0.05, 0) is 35.7 Å². The van der Waals surface area contributed by atoms with E-state index in [2.05, 4.69) is 0 Å². The minimum atomic E-state index is -0.423. The zero-order valence-corrected chi connectivity index (χ0v) is 18.3. The highest BCUT2D eigenvalue weighted by Gasteiger charge is 2.18. The van der Waals surface area contributed by atoms with Crippen molar-refractivity contribution in [2.24, 2.45) is 0 Å². The average Bonchev–Trinajstić information content (AvgIpc) is 3.17. The fourth-order valence-corrected chi connectivity index (χ4v) is 3.46. The van der Waals surface area contributed by atoms with Gasteiger partial charge < -0.3 is 18.8 Å². The van der Waals surface area contributed by atoms with Crippen LogP contribution in [0.2, 0.25) is 0 Å². The third-order valence-corrected chi connectivity index (χ3v) is 4.95. The summed E-state index contributed by atoms with van der Waals surface area (Å²) in [5.41, 5.74) is 3.11. The number of aryl methyl sites for hydroxylation is 1. The lowest BCUT2D eigenvalue weighted by Gasteiger charge is -2.06. The van der Waals surface area contributed by atoms with Crippen LogP contribution < -0.4 is 4.74 Å². The molecule has 1 aromatic heterocycles. The van der Waals surface area contributed by atoms with E-state index in [1.54, 1.807) is 18.3 Å². The molecule has 0 saturated carbocycles. The number of benzene rings is 2. The minimum Gasteiger partial charge on any atom is -0.469 e. The standard InChI is InChI=1S/C25H25NO6/c1-17(27)32-20-13-10-18(11-14-20)9-12-19-6-4-7-22-24(19)21(25(29)31-3)16-26(22)15-5-8-23(28)30-2/h4,6-7,9-14,16H,5,8,15H2,1-3H3. The van der Waals surface area contributed by atoms with Crippen LogP contribution in [0.3, 0.4) is 0 Å². The van der Waals surface area contributed by atoms with Crippen LogP contribution in [0, 0.1) is 0 Å². The van der Waals surface area contributed by atoms with Crippen LogP contribution in [0.25, 0.3) is 23.1 Å². The van der Waals surface area contributed by atoms with Crippen molar-refractivity contribution >= 4 is 41.0 Å². The Morgan fingerprint density at radius 2 is 1.72 bits per heavy atom. The molecule has 3 aromatic rings. The predicted molar refractivity (Wildman–Crippen MR) is 121 cm³/mol. The summed E-state index contributed by atoms with van der Waals surface area (Å²) in [6.45, 7) is 1.92. The van der Waals surface area contributed by atoms with E-state index in [-0.39, 0.29) is 11.9 Å². The summed E-state index contributed by atoms with van der Waals surface area (Å²) in [5.74, 6) is -0.577. The molecule has 0 spiro atoms. The second kappa shape index (κ2) is 10.4. The zero-order valence-electron chi connectivity index (χ0n) is 18.3. The second-order valence-electron chi connectivity index (χ2n) is 7.14. The van der Waals surface area contributed by atoms with Crippen LogP contribution >= 0.6 is 0 Å². The van der Waals surface area contributed by atoms with Crippen molar-refractivity contribution < 1.29 is 28.6 Å².